The van der Waals surface area contributed by atoms with Gasteiger partial charge in [-0.05, 0) is 36.8 Å². The van der Waals surface area contributed by atoms with E-state index in [4.69, 9.17) is 17.0 Å². The highest BCUT2D eigenvalue weighted by Crippen LogP contribution is 2.36. The van der Waals surface area contributed by atoms with Crippen LogP contribution in [0.15, 0.2) is 41.7 Å². The first kappa shape index (κ1) is 15.7. The van der Waals surface area contributed by atoms with Crippen molar-refractivity contribution in [1.82, 2.24) is 9.55 Å². The van der Waals surface area contributed by atoms with E-state index in [9.17, 15) is 4.79 Å². The number of rotatable bonds is 4. The molecule has 0 bridgehead atoms. The van der Waals surface area contributed by atoms with Gasteiger partial charge in [0, 0.05) is 17.0 Å². The summed E-state index contributed by atoms with van der Waals surface area (Å²) in [4.78, 5) is 17.9. The van der Waals surface area contributed by atoms with E-state index in [0.29, 0.717) is 16.7 Å². The second-order valence-corrected chi connectivity index (χ2v) is 6.71. The molecule has 0 amide bonds. The molecule has 0 aliphatic rings. The van der Waals surface area contributed by atoms with Crippen LogP contribution >= 0.6 is 23.6 Å². The number of allylic oxidation sites excluding steroid dienone is 1. The first-order valence-corrected chi connectivity index (χ1v) is 8.30. The zero-order valence-electron chi connectivity index (χ0n) is 12.9. The second-order valence-electron chi connectivity index (χ2n) is 5.10. The number of hydrogen-bond acceptors (Lipinski definition) is 4. The van der Waals surface area contributed by atoms with Crippen molar-refractivity contribution in [3.63, 3.8) is 0 Å². The molecule has 6 heteroatoms. The Morgan fingerprint density at radius 1 is 1.39 bits per heavy atom. The largest absolute Gasteiger partial charge is 0.497 e. The minimum absolute atomic E-state index is 0.0844. The monoisotopic (exact) mass is 344 g/mol. The van der Waals surface area contributed by atoms with Crippen molar-refractivity contribution in [3.8, 4) is 16.9 Å². The number of nitrogens with zero attached hydrogens (tertiary/aromatic N) is 1. The van der Waals surface area contributed by atoms with E-state index in [0.717, 1.165) is 26.6 Å². The summed E-state index contributed by atoms with van der Waals surface area (Å²) in [5, 5.41) is 0.674. The minimum Gasteiger partial charge on any atom is -0.497 e. The zero-order chi connectivity index (χ0) is 16.6. The van der Waals surface area contributed by atoms with Gasteiger partial charge in [-0.2, -0.15) is 0 Å². The molecule has 0 atom stereocenters. The normalized spacial score (nSPS) is 10.9. The smallest absolute Gasteiger partial charge is 0.263 e. The van der Waals surface area contributed by atoms with Crippen LogP contribution in [-0.4, -0.2) is 16.7 Å². The lowest BCUT2D eigenvalue weighted by Gasteiger charge is -2.06. The van der Waals surface area contributed by atoms with E-state index in [1.165, 1.54) is 4.57 Å². The van der Waals surface area contributed by atoms with Gasteiger partial charge in [0.1, 0.15) is 10.6 Å². The highest BCUT2D eigenvalue weighted by atomic mass is 32.1. The molecule has 0 aliphatic carbocycles. The molecule has 0 fully saturated rings. The topological polar surface area (TPSA) is 47.0 Å². The summed E-state index contributed by atoms with van der Waals surface area (Å²) in [6.07, 6.45) is 1.67. The first-order chi connectivity index (χ1) is 11.1. The number of ether oxygens (including phenoxy) is 1. The summed E-state index contributed by atoms with van der Waals surface area (Å²) in [5.41, 5.74) is 1.85. The molecule has 3 rings (SSSR count). The quantitative estimate of drug-likeness (QED) is 0.567. The van der Waals surface area contributed by atoms with Crippen molar-refractivity contribution < 1.29 is 4.74 Å². The fourth-order valence-electron chi connectivity index (χ4n) is 2.63. The molecule has 0 saturated heterocycles. The Morgan fingerprint density at radius 3 is 2.70 bits per heavy atom. The summed E-state index contributed by atoms with van der Waals surface area (Å²) >= 11 is 6.83. The van der Waals surface area contributed by atoms with Crippen LogP contribution < -0.4 is 10.3 Å². The third-order valence-corrected chi connectivity index (χ3v) is 5.04. The highest BCUT2D eigenvalue weighted by molar-refractivity contribution is 7.71. The van der Waals surface area contributed by atoms with Gasteiger partial charge in [-0.1, -0.05) is 18.2 Å². The van der Waals surface area contributed by atoms with Gasteiger partial charge in [-0.15, -0.1) is 17.9 Å². The number of methoxy groups -OCH3 is 1. The molecule has 4 nitrogen and oxygen atoms in total. The molecule has 0 saturated carbocycles. The molecule has 1 aromatic carbocycles. The second kappa shape index (κ2) is 6.14. The molecule has 23 heavy (non-hydrogen) atoms. The van der Waals surface area contributed by atoms with E-state index < -0.39 is 0 Å². The summed E-state index contributed by atoms with van der Waals surface area (Å²) in [6, 6.07) is 7.72. The van der Waals surface area contributed by atoms with Crippen LogP contribution in [0.2, 0.25) is 0 Å². The Kier molecular flexibility index (Phi) is 4.19. The van der Waals surface area contributed by atoms with E-state index in [2.05, 4.69) is 11.6 Å². The van der Waals surface area contributed by atoms with Gasteiger partial charge in [0.2, 0.25) is 0 Å². The van der Waals surface area contributed by atoms with Gasteiger partial charge in [0.25, 0.3) is 5.56 Å². The number of aromatic nitrogens is 2. The number of aryl methyl sites for hydroxylation is 1. The lowest BCUT2D eigenvalue weighted by molar-refractivity contribution is 0.415. The van der Waals surface area contributed by atoms with Gasteiger partial charge in [-0.3, -0.25) is 9.36 Å². The van der Waals surface area contributed by atoms with Gasteiger partial charge in [0.05, 0.1) is 12.5 Å². The van der Waals surface area contributed by atoms with Gasteiger partial charge in [0.15, 0.2) is 4.77 Å². The van der Waals surface area contributed by atoms with Crippen LogP contribution in [0, 0.1) is 11.7 Å². The molecule has 118 valence electrons. The first-order valence-electron chi connectivity index (χ1n) is 7.08. The maximum absolute atomic E-state index is 12.9. The standard InChI is InChI=1S/C17H16N2O2S2/c1-4-9-19-16(20)14-13(10(2)23-15(14)18-17(19)22)11-5-7-12(21-3)8-6-11/h4-8H,1,9H2,2-3H3,(H,18,22). The predicted molar refractivity (Wildman–Crippen MR) is 98.2 cm³/mol. The fraction of sp³-hybridized carbons (Fsp3) is 0.176. The number of thiophene rings is 1. The molecule has 2 aromatic heterocycles. The number of fused-ring (bicyclic) bond motifs is 1. The van der Waals surface area contributed by atoms with Crippen molar-refractivity contribution in [2.45, 2.75) is 13.5 Å². The number of nitrogens with one attached hydrogen (secondary N) is 1. The molecule has 0 unspecified atom stereocenters. The number of aromatic amines is 1. The number of benzene rings is 1. The molecule has 0 aliphatic heterocycles. The average molecular weight is 344 g/mol. The Balaban J connectivity index is 2.34. The average Bonchev–Trinajstić information content (AvgIpc) is 2.87. The van der Waals surface area contributed by atoms with Gasteiger partial charge < -0.3 is 9.72 Å². The third-order valence-electron chi connectivity index (χ3n) is 3.70. The molecule has 2 heterocycles. The van der Waals surface area contributed by atoms with Gasteiger partial charge >= 0.3 is 0 Å². The van der Waals surface area contributed by atoms with E-state index >= 15 is 0 Å². The molecular weight excluding hydrogens is 328 g/mol. The maximum atomic E-state index is 12.9. The number of hydrogen-bond donors (Lipinski definition) is 1. The molecule has 1 N–H and O–H groups in total. The van der Waals surface area contributed by atoms with Crippen LogP contribution in [0.25, 0.3) is 21.3 Å². The van der Waals surface area contributed by atoms with Crippen molar-refractivity contribution in [2.75, 3.05) is 7.11 Å². The molecule has 3 aromatic rings. The molecule has 0 spiro atoms. The predicted octanol–water partition coefficient (Wildman–Crippen LogP) is 4.29. The summed E-state index contributed by atoms with van der Waals surface area (Å²) < 4.78 is 7.15. The van der Waals surface area contributed by atoms with Crippen molar-refractivity contribution >= 4 is 33.8 Å². The third kappa shape index (κ3) is 2.64. The molecule has 0 radical (unpaired) electrons. The maximum Gasteiger partial charge on any atom is 0.263 e. The summed E-state index contributed by atoms with van der Waals surface area (Å²) in [6.45, 7) is 6.09. The Labute approximate surface area is 142 Å². The van der Waals surface area contributed by atoms with E-state index in [1.807, 2.05) is 31.2 Å². The Bertz CT molecular complexity index is 994. The zero-order valence-corrected chi connectivity index (χ0v) is 14.5. The van der Waals surface area contributed by atoms with Crippen LogP contribution in [-0.2, 0) is 6.54 Å². The van der Waals surface area contributed by atoms with Crippen LogP contribution in [0.4, 0.5) is 0 Å². The van der Waals surface area contributed by atoms with Crippen LogP contribution in [0.3, 0.4) is 0 Å². The van der Waals surface area contributed by atoms with Crippen LogP contribution in [0.1, 0.15) is 4.88 Å². The minimum atomic E-state index is -0.0844. The van der Waals surface area contributed by atoms with E-state index in [-0.39, 0.29) is 5.56 Å². The van der Waals surface area contributed by atoms with Crippen LogP contribution in [0.5, 0.6) is 5.75 Å². The highest BCUT2D eigenvalue weighted by Gasteiger charge is 2.17. The molecular formula is C17H16N2O2S2. The lowest BCUT2D eigenvalue weighted by atomic mass is 10.0. The number of H-pyrrole nitrogens is 1. The van der Waals surface area contributed by atoms with Crippen molar-refractivity contribution in [1.29, 1.82) is 0 Å². The summed E-state index contributed by atoms with van der Waals surface area (Å²) in [5.74, 6) is 0.786. The fourth-order valence-corrected chi connectivity index (χ4v) is 4.02. The van der Waals surface area contributed by atoms with Crippen molar-refractivity contribution in [3.05, 3.63) is 56.9 Å². The van der Waals surface area contributed by atoms with Crippen molar-refractivity contribution in [2.24, 2.45) is 0 Å². The van der Waals surface area contributed by atoms with E-state index in [1.54, 1.807) is 24.5 Å². The Morgan fingerprint density at radius 2 is 2.09 bits per heavy atom. The van der Waals surface area contributed by atoms with Gasteiger partial charge in [-0.25, -0.2) is 0 Å². The SMILES string of the molecule is C=CCn1c(=S)[nH]c2sc(C)c(-c3ccc(OC)cc3)c2c1=O. The lowest BCUT2D eigenvalue weighted by Crippen LogP contribution is -2.21. The Hall–Kier alpha value is -2.18. The summed E-state index contributed by atoms with van der Waals surface area (Å²) in [7, 11) is 1.63.